The van der Waals surface area contributed by atoms with E-state index < -0.39 is 36.1 Å². The smallest absolute Gasteiger partial charge is 0.550 e. The molecule has 0 N–H and O–H groups in total. The molecule has 0 fully saturated rings. The molecule has 0 spiro atoms. The van der Waals surface area contributed by atoms with Gasteiger partial charge in [0.2, 0.25) is 0 Å². The zero-order valence-electron chi connectivity index (χ0n) is 41.1. The van der Waals surface area contributed by atoms with Crippen LogP contribution in [0.15, 0.2) is 60.7 Å². The van der Waals surface area contributed by atoms with Crippen LogP contribution in [-0.2, 0) is 51.3 Å². The van der Waals surface area contributed by atoms with Crippen molar-refractivity contribution in [3.63, 3.8) is 0 Å². The van der Waals surface area contributed by atoms with Crippen LogP contribution < -0.4 is 10.2 Å². The van der Waals surface area contributed by atoms with E-state index in [9.17, 15) is 29.4 Å². The summed E-state index contributed by atoms with van der Waals surface area (Å²) in [7, 11) is 0. The van der Waals surface area contributed by atoms with Gasteiger partial charge >= 0.3 is 60.8 Å². The number of unbranched alkanes of at least 4 members (excludes halogenated alkanes) is 20. The molecule has 2 aromatic rings. The molecule has 0 aliphatic heterocycles. The monoisotopic (exact) mass is 1030 g/mol. The minimum atomic E-state index is -1.14. The van der Waals surface area contributed by atoms with E-state index in [0.717, 1.165) is 49.7 Å². The summed E-state index contributed by atoms with van der Waals surface area (Å²) in [6.07, 6.45) is 27.5. The second kappa shape index (κ2) is 44.3. The number of hydrogen-bond donors (Lipinski definition) is 0. The average molecular weight is 1030 g/mol. The van der Waals surface area contributed by atoms with Crippen LogP contribution >= 0.6 is 0 Å². The Morgan fingerprint density at radius 3 is 0.954 bits per heavy atom. The summed E-state index contributed by atoms with van der Waals surface area (Å²) in [6, 6.07) is 19.7. The second-order valence-electron chi connectivity index (χ2n) is 17.4. The first-order valence-electron chi connectivity index (χ1n) is 25.1. The van der Waals surface area contributed by atoms with Gasteiger partial charge in [0.1, 0.15) is 12.2 Å². The molecule has 11 heteroatoms. The van der Waals surface area contributed by atoms with E-state index in [1.807, 2.05) is 60.7 Å². The maximum absolute atomic E-state index is 11.6. The molecule has 364 valence electrons. The molecule has 0 aliphatic carbocycles. The van der Waals surface area contributed by atoms with Gasteiger partial charge in [0.15, 0.2) is 0 Å². The van der Waals surface area contributed by atoms with E-state index in [-0.39, 0.29) is 86.8 Å². The van der Waals surface area contributed by atoms with Gasteiger partial charge in [0.25, 0.3) is 0 Å². The average Bonchev–Trinajstić information content (AvgIpc) is 3.27. The molecule has 0 bridgehead atoms. The van der Waals surface area contributed by atoms with Crippen LogP contribution in [0.2, 0.25) is 0 Å². The van der Waals surface area contributed by atoms with Crippen molar-refractivity contribution in [2.24, 2.45) is 0 Å². The summed E-state index contributed by atoms with van der Waals surface area (Å²) in [5.74, 6) is -3.11. The van der Waals surface area contributed by atoms with Gasteiger partial charge < -0.3 is 38.7 Å². The molecule has 0 aromatic heterocycles. The van der Waals surface area contributed by atoms with Crippen LogP contribution in [0, 0.1) is 0 Å². The second-order valence-corrected chi connectivity index (χ2v) is 17.4. The molecule has 0 heterocycles. The van der Waals surface area contributed by atoms with Crippen LogP contribution in [-0.4, -0.2) is 97.2 Å². The first-order chi connectivity index (χ1) is 31.0. The molecule has 0 radical (unpaired) electrons. The quantitative estimate of drug-likeness (QED) is 0.0358. The molecule has 0 aliphatic rings. The Kier molecular flexibility index (Phi) is 42.8. The number of esters is 2. The van der Waals surface area contributed by atoms with Crippen LogP contribution in [0.5, 0.6) is 0 Å². The first kappa shape index (κ1) is 62.8. The third-order valence-electron chi connectivity index (χ3n) is 11.5. The summed E-state index contributed by atoms with van der Waals surface area (Å²) in [6.45, 7) is 8.01. The van der Waals surface area contributed by atoms with E-state index in [1.165, 1.54) is 129 Å². The zero-order valence-corrected chi connectivity index (χ0v) is 45.5. The number of rotatable bonds is 40. The Bertz CT molecular complexity index is 1320. The summed E-state index contributed by atoms with van der Waals surface area (Å²) in [5.41, 5.74) is 2.08. The van der Waals surface area contributed by atoms with Crippen molar-refractivity contribution in [2.75, 3.05) is 0 Å². The Balaban J connectivity index is 0.00000124. The predicted octanol–water partition coefficient (Wildman–Crippen LogP) is 11.1. The Labute approximate surface area is 434 Å². The topological polar surface area (TPSA) is 151 Å². The number of carbonyl (C=O) groups excluding carboxylic acids is 4. The van der Waals surface area contributed by atoms with Crippen LogP contribution in [0.25, 0.3) is 0 Å². The van der Waals surface area contributed by atoms with E-state index in [0.29, 0.717) is 13.2 Å². The van der Waals surface area contributed by atoms with E-state index in [4.69, 9.17) is 18.9 Å². The number of aliphatic carboxylic acids is 2. The minimum Gasteiger partial charge on any atom is -0.550 e. The van der Waals surface area contributed by atoms with Crippen molar-refractivity contribution in [1.82, 2.24) is 0 Å². The number of carboxylic acid groups (broad SMARTS) is 2. The molecule has 0 amide bonds. The standard InChI is InChI=1S/2C27H44O5.Ba/c2*1-3-4-5-6-7-8-9-10-11-12-16-19-25(31-22-24-17-14-13-15-18-24)26(32-23(2)28)20-21-27(29)30;/h2*13-15,17-18,25-26H,3-12,16,19-22H2,1-2H3,(H,29,30);/q;;+2/p-2. The molecule has 2 rings (SSSR count). The largest absolute Gasteiger partial charge is 2.00 e. The fourth-order valence-corrected chi connectivity index (χ4v) is 7.92. The van der Waals surface area contributed by atoms with E-state index in [2.05, 4.69) is 13.8 Å². The van der Waals surface area contributed by atoms with Crippen molar-refractivity contribution in [3.8, 4) is 0 Å². The Morgan fingerprint density at radius 2 is 0.692 bits per heavy atom. The van der Waals surface area contributed by atoms with Crippen LogP contribution in [0.1, 0.15) is 219 Å². The maximum Gasteiger partial charge on any atom is 2.00 e. The fourth-order valence-electron chi connectivity index (χ4n) is 7.92. The molecule has 4 unspecified atom stereocenters. The Morgan fingerprint density at radius 1 is 0.415 bits per heavy atom. The van der Waals surface area contributed by atoms with Gasteiger partial charge in [-0.05, 0) is 49.7 Å². The molecule has 4 atom stereocenters. The van der Waals surface area contributed by atoms with Crippen molar-refractivity contribution in [2.45, 2.75) is 245 Å². The molecular weight excluding hydrogens is 946 g/mol. The van der Waals surface area contributed by atoms with Gasteiger partial charge in [-0.1, -0.05) is 216 Å². The summed E-state index contributed by atoms with van der Waals surface area (Å²) < 4.78 is 23.1. The minimum absolute atomic E-state index is 0. The summed E-state index contributed by atoms with van der Waals surface area (Å²) in [5, 5.41) is 21.9. The van der Waals surface area contributed by atoms with Crippen LogP contribution in [0.3, 0.4) is 0 Å². The van der Waals surface area contributed by atoms with Gasteiger partial charge in [-0.3, -0.25) is 9.59 Å². The number of carbonyl (C=O) groups is 4. The molecular formula is C54H86BaO10. The van der Waals surface area contributed by atoms with Crippen molar-refractivity contribution in [1.29, 1.82) is 0 Å². The fraction of sp³-hybridized carbons (Fsp3) is 0.704. The number of carboxylic acids is 2. The maximum atomic E-state index is 11.6. The van der Waals surface area contributed by atoms with Gasteiger partial charge in [0, 0.05) is 25.8 Å². The van der Waals surface area contributed by atoms with Crippen molar-refractivity contribution >= 4 is 72.8 Å². The number of ether oxygens (including phenoxy) is 4. The van der Waals surface area contributed by atoms with Gasteiger partial charge in [-0.2, -0.15) is 0 Å². The van der Waals surface area contributed by atoms with Gasteiger partial charge in [-0.15, -0.1) is 0 Å². The van der Waals surface area contributed by atoms with E-state index >= 15 is 0 Å². The molecule has 0 saturated carbocycles. The zero-order chi connectivity index (χ0) is 46.9. The van der Waals surface area contributed by atoms with Crippen molar-refractivity contribution in [3.05, 3.63) is 71.8 Å². The molecule has 0 saturated heterocycles. The third kappa shape index (κ3) is 38.5. The molecule has 2 aromatic carbocycles. The molecule has 65 heavy (non-hydrogen) atoms. The predicted molar refractivity (Wildman–Crippen MR) is 258 cm³/mol. The first-order valence-corrected chi connectivity index (χ1v) is 25.1. The third-order valence-corrected chi connectivity index (χ3v) is 11.5. The Hall–Kier alpha value is -2.19. The van der Waals surface area contributed by atoms with Gasteiger partial charge in [-0.25, -0.2) is 0 Å². The van der Waals surface area contributed by atoms with Crippen LogP contribution in [0.4, 0.5) is 0 Å². The SMILES string of the molecule is CCCCCCCCCCCCCC(OCc1ccccc1)C(CCC(=O)[O-])OC(C)=O.CCCCCCCCCCCCCC(OCc1ccccc1)C(CCC(=O)[O-])OC(C)=O.[Ba+2]. The normalized spacial score (nSPS) is 12.7. The van der Waals surface area contributed by atoms with Gasteiger partial charge in [0.05, 0.1) is 25.4 Å². The number of benzene rings is 2. The molecule has 10 nitrogen and oxygen atoms in total. The van der Waals surface area contributed by atoms with E-state index in [1.54, 1.807) is 0 Å². The summed E-state index contributed by atoms with van der Waals surface area (Å²) in [4.78, 5) is 45.1. The summed E-state index contributed by atoms with van der Waals surface area (Å²) >= 11 is 0. The number of hydrogen-bond acceptors (Lipinski definition) is 10. The van der Waals surface area contributed by atoms with Crippen molar-refractivity contribution < 1.29 is 48.3 Å².